The highest BCUT2D eigenvalue weighted by Crippen LogP contribution is 2.29. The highest BCUT2D eigenvalue weighted by atomic mass is 32.2. The predicted molar refractivity (Wildman–Crippen MR) is 77.1 cm³/mol. The van der Waals surface area contributed by atoms with E-state index < -0.39 is 21.5 Å². The molecule has 0 amide bonds. The molecule has 1 unspecified atom stereocenters. The second kappa shape index (κ2) is 5.93. The maximum Gasteiger partial charge on any atom is 0.324 e. The number of likely N-dealkylation sites (N-methyl/N-ethyl adjacent to an activating group) is 1. The fraction of sp³-hybridized carbons (Fsp3) is 0.500. The summed E-state index contributed by atoms with van der Waals surface area (Å²) >= 11 is 0. The average molecular weight is 299 g/mol. The number of nitrogens with zero attached hydrogens (tertiary/aromatic N) is 1. The Balaban J connectivity index is 3.45. The molecular formula is C14H21NO4S. The van der Waals surface area contributed by atoms with E-state index in [-0.39, 0.29) is 17.9 Å². The largest absolute Gasteiger partial charge is 0.480 e. The van der Waals surface area contributed by atoms with Crippen molar-refractivity contribution < 1.29 is 18.3 Å². The quantitative estimate of drug-likeness (QED) is 0.874. The summed E-state index contributed by atoms with van der Waals surface area (Å²) in [5, 5.41) is 9.41. The van der Waals surface area contributed by atoms with Crippen molar-refractivity contribution in [2.75, 3.05) is 6.54 Å². The molecule has 0 aliphatic carbocycles. The van der Waals surface area contributed by atoms with Crippen molar-refractivity contribution >= 4 is 16.0 Å². The topological polar surface area (TPSA) is 74.7 Å². The molecule has 1 rings (SSSR count). The van der Waals surface area contributed by atoms with Crippen LogP contribution in [0.3, 0.4) is 0 Å². The Morgan fingerprint density at radius 2 is 1.85 bits per heavy atom. The van der Waals surface area contributed by atoms with Gasteiger partial charge in [-0.3, -0.25) is 4.79 Å². The molecule has 0 aromatic heterocycles. The third-order valence-corrected chi connectivity index (χ3v) is 5.90. The zero-order chi connectivity index (χ0) is 15.6. The Morgan fingerprint density at radius 3 is 2.25 bits per heavy atom. The van der Waals surface area contributed by atoms with Gasteiger partial charge in [0.1, 0.15) is 5.54 Å². The molecule has 0 spiro atoms. The molecule has 0 bridgehead atoms. The number of hydrogen-bond acceptors (Lipinski definition) is 3. The average Bonchev–Trinajstić information content (AvgIpc) is 2.38. The zero-order valence-corrected chi connectivity index (χ0v) is 13.1. The first-order valence-corrected chi connectivity index (χ1v) is 7.97. The molecule has 0 aliphatic rings. The Labute approximate surface area is 120 Å². The lowest BCUT2D eigenvalue weighted by molar-refractivity contribution is -0.147. The van der Waals surface area contributed by atoms with Gasteiger partial charge in [0.05, 0.1) is 4.90 Å². The lowest BCUT2D eigenvalue weighted by atomic mass is 9.99. The Morgan fingerprint density at radius 1 is 1.30 bits per heavy atom. The molecule has 1 atom stereocenters. The van der Waals surface area contributed by atoms with E-state index in [1.165, 1.54) is 13.0 Å². The molecule has 1 aromatic rings. The molecule has 6 heteroatoms. The van der Waals surface area contributed by atoms with Crippen molar-refractivity contribution in [2.45, 2.75) is 44.6 Å². The number of carbonyl (C=O) groups is 1. The summed E-state index contributed by atoms with van der Waals surface area (Å²) in [4.78, 5) is 11.7. The van der Waals surface area contributed by atoms with Crippen molar-refractivity contribution in [2.24, 2.45) is 0 Å². The van der Waals surface area contributed by atoms with E-state index in [4.69, 9.17) is 0 Å². The fourth-order valence-corrected chi connectivity index (χ4v) is 4.22. The minimum absolute atomic E-state index is 0.104. The zero-order valence-electron chi connectivity index (χ0n) is 12.3. The standard InChI is InChI=1S/C14H21NO4S/c1-5-14(4,13(16)17)15(6-2)20(18,19)12-10-8-7-9-11(12)3/h7-10H,5-6H2,1-4H3,(H,16,17). The van der Waals surface area contributed by atoms with Gasteiger partial charge in [-0.15, -0.1) is 0 Å². The van der Waals surface area contributed by atoms with E-state index in [0.717, 1.165) is 4.31 Å². The third-order valence-electron chi connectivity index (χ3n) is 3.65. The van der Waals surface area contributed by atoms with E-state index in [0.29, 0.717) is 5.56 Å². The van der Waals surface area contributed by atoms with Gasteiger partial charge in [0.15, 0.2) is 0 Å². The summed E-state index contributed by atoms with van der Waals surface area (Å²) in [7, 11) is -3.84. The van der Waals surface area contributed by atoms with Crippen LogP contribution in [0.1, 0.15) is 32.8 Å². The van der Waals surface area contributed by atoms with E-state index >= 15 is 0 Å². The van der Waals surface area contributed by atoms with Gasteiger partial charge in [-0.1, -0.05) is 32.0 Å². The molecule has 0 heterocycles. The number of rotatable bonds is 6. The first kappa shape index (κ1) is 16.7. The molecule has 5 nitrogen and oxygen atoms in total. The summed E-state index contributed by atoms with van der Waals surface area (Å²) in [5.41, 5.74) is -0.842. The normalized spacial score (nSPS) is 15.1. The van der Waals surface area contributed by atoms with E-state index in [2.05, 4.69) is 0 Å². The molecule has 0 saturated heterocycles. The van der Waals surface area contributed by atoms with Crippen LogP contribution in [0.2, 0.25) is 0 Å². The SMILES string of the molecule is CCN(C(C)(CC)C(=O)O)S(=O)(=O)c1ccccc1C. The van der Waals surface area contributed by atoms with Crippen molar-refractivity contribution in [1.82, 2.24) is 4.31 Å². The van der Waals surface area contributed by atoms with Gasteiger partial charge in [-0.05, 0) is 31.9 Å². The number of carboxylic acid groups (broad SMARTS) is 1. The van der Waals surface area contributed by atoms with Crippen LogP contribution in [0, 0.1) is 6.92 Å². The van der Waals surface area contributed by atoms with E-state index in [9.17, 15) is 18.3 Å². The summed E-state index contributed by atoms with van der Waals surface area (Å²) in [6, 6.07) is 6.59. The second-order valence-corrected chi connectivity index (χ2v) is 6.70. The maximum atomic E-state index is 12.8. The molecule has 0 fully saturated rings. The van der Waals surface area contributed by atoms with Crippen LogP contribution in [0.15, 0.2) is 29.2 Å². The summed E-state index contributed by atoms with van der Waals surface area (Å²) in [6.07, 6.45) is 0.196. The number of aryl methyl sites for hydroxylation is 1. The third kappa shape index (κ3) is 2.71. The van der Waals surface area contributed by atoms with Gasteiger partial charge in [0.2, 0.25) is 10.0 Å². The van der Waals surface area contributed by atoms with Crippen LogP contribution < -0.4 is 0 Å². The summed E-state index contributed by atoms with van der Waals surface area (Å²) in [5.74, 6) is -1.14. The second-order valence-electron chi connectivity index (χ2n) is 4.87. The van der Waals surface area contributed by atoms with Crippen LogP contribution in [0.25, 0.3) is 0 Å². The monoisotopic (exact) mass is 299 g/mol. The van der Waals surface area contributed by atoms with Crippen LogP contribution in [0.4, 0.5) is 0 Å². The number of carboxylic acids is 1. The Hall–Kier alpha value is -1.40. The van der Waals surface area contributed by atoms with Crippen molar-refractivity contribution in [3.63, 3.8) is 0 Å². The summed E-state index contributed by atoms with van der Waals surface area (Å²) in [6.45, 7) is 6.56. The molecule has 1 aromatic carbocycles. The van der Waals surface area contributed by atoms with E-state index in [1.54, 1.807) is 39.0 Å². The molecule has 20 heavy (non-hydrogen) atoms. The van der Waals surface area contributed by atoms with Gasteiger partial charge in [0, 0.05) is 6.54 Å². The van der Waals surface area contributed by atoms with Gasteiger partial charge < -0.3 is 5.11 Å². The number of benzene rings is 1. The number of aliphatic carboxylic acids is 1. The van der Waals surface area contributed by atoms with Crippen LogP contribution in [0.5, 0.6) is 0 Å². The molecule has 0 radical (unpaired) electrons. The smallest absolute Gasteiger partial charge is 0.324 e. The number of hydrogen-bond donors (Lipinski definition) is 1. The van der Waals surface area contributed by atoms with Crippen molar-refractivity contribution in [1.29, 1.82) is 0 Å². The highest BCUT2D eigenvalue weighted by molar-refractivity contribution is 7.89. The minimum atomic E-state index is -3.84. The van der Waals surface area contributed by atoms with Crippen LogP contribution >= 0.6 is 0 Å². The molecule has 1 N–H and O–H groups in total. The van der Waals surface area contributed by atoms with Crippen molar-refractivity contribution in [3.8, 4) is 0 Å². The Kier molecular flexibility index (Phi) is 4.94. The van der Waals surface area contributed by atoms with Gasteiger partial charge in [0.25, 0.3) is 0 Å². The lowest BCUT2D eigenvalue weighted by Gasteiger charge is -2.35. The molecule has 0 saturated carbocycles. The van der Waals surface area contributed by atoms with Gasteiger partial charge in [-0.2, -0.15) is 4.31 Å². The predicted octanol–water partition coefficient (Wildman–Crippen LogP) is 2.26. The number of sulfonamides is 1. The van der Waals surface area contributed by atoms with Crippen molar-refractivity contribution in [3.05, 3.63) is 29.8 Å². The van der Waals surface area contributed by atoms with Crippen LogP contribution in [-0.4, -0.2) is 35.9 Å². The molecular weight excluding hydrogens is 278 g/mol. The fourth-order valence-electron chi connectivity index (χ4n) is 2.18. The first-order chi connectivity index (χ1) is 9.21. The van der Waals surface area contributed by atoms with Gasteiger partial charge in [-0.25, -0.2) is 8.42 Å². The maximum absolute atomic E-state index is 12.8. The first-order valence-electron chi connectivity index (χ1n) is 6.53. The minimum Gasteiger partial charge on any atom is -0.480 e. The van der Waals surface area contributed by atoms with Crippen LogP contribution in [-0.2, 0) is 14.8 Å². The Bertz CT molecular complexity index is 597. The van der Waals surface area contributed by atoms with E-state index in [1.807, 2.05) is 0 Å². The summed E-state index contributed by atoms with van der Waals surface area (Å²) < 4.78 is 26.6. The van der Waals surface area contributed by atoms with Gasteiger partial charge >= 0.3 is 5.97 Å². The highest BCUT2D eigenvalue weighted by Gasteiger charge is 2.44. The molecule has 0 aliphatic heterocycles. The lowest BCUT2D eigenvalue weighted by Crippen LogP contribution is -2.54. The molecule has 112 valence electrons.